The number of halogens is 4. The van der Waals surface area contributed by atoms with Gasteiger partial charge in [-0.25, -0.2) is 8.78 Å². The molecule has 0 radical (unpaired) electrons. The maximum Gasteiger partial charge on any atom is 0.280 e. The smallest absolute Gasteiger partial charge is 0.280 e. The summed E-state index contributed by atoms with van der Waals surface area (Å²) in [7, 11) is 0. The first-order chi connectivity index (χ1) is 6.07. The van der Waals surface area contributed by atoms with Crippen molar-refractivity contribution in [2.45, 2.75) is 12.3 Å². The molecule has 0 aliphatic carbocycles. The van der Waals surface area contributed by atoms with Gasteiger partial charge in [0.1, 0.15) is 5.69 Å². The molecule has 0 fully saturated rings. The molecule has 1 N–H and O–H groups in total. The van der Waals surface area contributed by atoms with E-state index in [9.17, 15) is 8.78 Å². The normalized spacial score (nSPS) is 10.8. The summed E-state index contributed by atoms with van der Waals surface area (Å²) in [4.78, 5) is 3.34. The summed E-state index contributed by atoms with van der Waals surface area (Å²) in [6.07, 6.45) is -1.87. The first kappa shape index (κ1) is 10.5. The lowest BCUT2D eigenvalue weighted by Gasteiger charge is -2.07. The summed E-state index contributed by atoms with van der Waals surface area (Å²) in [5, 5.41) is 8.87. The van der Waals surface area contributed by atoms with E-state index in [0.29, 0.717) is 0 Å². The fourth-order valence-electron chi connectivity index (χ4n) is 0.847. The van der Waals surface area contributed by atoms with Crippen LogP contribution in [-0.2, 0) is 5.88 Å². The van der Waals surface area contributed by atoms with Gasteiger partial charge < -0.3 is 5.11 Å². The van der Waals surface area contributed by atoms with Gasteiger partial charge in [0.15, 0.2) is 5.75 Å². The topological polar surface area (TPSA) is 33.1 Å². The zero-order chi connectivity index (χ0) is 10.0. The van der Waals surface area contributed by atoms with Crippen LogP contribution >= 0.6 is 23.2 Å². The fraction of sp³-hybridized carbons (Fsp3) is 0.286. The van der Waals surface area contributed by atoms with Crippen molar-refractivity contribution >= 4 is 23.2 Å². The molecule has 0 atom stereocenters. The number of aromatic nitrogens is 1. The van der Waals surface area contributed by atoms with Crippen molar-refractivity contribution in [1.82, 2.24) is 4.98 Å². The Kier molecular flexibility index (Phi) is 3.27. The highest BCUT2D eigenvalue weighted by Crippen LogP contribution is 2.33. The molecule has 0 unspecified atom stereocenters. The maximum atomic E-state index is 12.3. The average molecular weight is 228 g/mol. The van der Waals surface area contributed by atoms with E-state index in [2.05, 4.69) is 4.98 Å². The molecule has 0 bridgehead atoms. The van der Waals surface area contributed by atoms with Crippen molar-refractivity contribution in [3.8, 4) is 5.75 Å². The number of nitrogens with zero attached hydrogens (tertiary/aromatic N) is 1. The Morgan fingerprint density at radius 3 is 2.62 bits per heavy atom. The van der Waals surface area contributed by atoms with Gasteiger partial charge in [-0.1, -0.05) is 11.6 Å². The molecule has 1 rings (SSSR count). The van der Waals surface area contributed by atoms with E-state index in [1.807, 2.05) is 0 Å². The second kappa shape index (κ2) is 4.07. The number of rotatable bonds is 2. The SMILES string of the molecule is Oc1cnc(C(F)F)c(CCl)c1Cl. The Morgan fingerprint density at radius 2 is 2.15 bits per heavy atom. The van der Waals surface area contributed by atoms with Crippen LogP contribution in [-0.4, -0.2) is 10.1 Å². The average Bonchev–Trinajstić information content (AvgIpc) is 2.09. The minimum Gasteiger partial charge on any atom is -0.505 e. The van der Waals surface area contributed by atoms with Gasteiger partial charge in [-0.2, -0.15) is 0 Å². The predicted octanol–water partition coefficient (Wildman–Crippen LogP) is 3.12. The van der Waals surface area contributed by atoms with Crippen LogP contribution in [0.2, 0.25) is 5.02 Å². The monoisotopic (exact) mass is 227 g/mol. The van der Waals surface area contributed by atoms with E-state index in [4.69, 9.17) is 28.3 Å². The lowest BCUT2D eigenvalue weighted by Crippen LogP contribution is -1.97. The van der Waals surface area contributed by atoms with Gasteiger partial charge in [0.2, 0.25) is 0 Å². The van der Waals surface area contributed by atoms with Crippen molar-refractivity contribution in [2.75, 3.05) is 0 Å². The van der Waals surface area contributed by atoms with Crippen LogP contribution in [0.1, 0.15) is 17.7 Å². The van der Waals surface area contributed by atoms with Gasteiger partial charge in [0.05, 0.1) is 17.1 Å². The summed E-state index contributed by atoms with van der Waals surface area (Å²) in [5.41, 5.74) is -0.517. The molecule has 0 aromatic carbocycles. The zero-order valence-corrected chi connectivity index (χ0v) is 7.78. The van der Waals surface area contributed by atoms with E-state index in [1.165, 1.54) is 0 Å². The Labute approximate surface area is 83.1 Å². The minimum atomic E-state index is -2.74. The molecule has 0 aliphatic heterocycles. The molecule has 72 valence electrons. The largest absolute Gasteiger partial charge is 0.505 e. The van der Waals surface area contributed by atoms with Gasteiger partial charge in [-0.05, 0) is 0 Å². The fourth-order valence-corrected chi connectivity index (χ4v) is 1.40. The van der Waals surface area contributed by atoms with Gasteiger partial charge in [-0.3, -0.25) is 4.98 Å². The third-order valence-corrected chi connectivity index (χ3v) is 2.15. The molecule has 2 nitrogen and oxygen atoms in total. The number of pyridine rings is 1. The molecular weight excluding hydrogens is 223 g/mol. The summed E-state index contributed by atoms with van der Waals surface area (Å²) in [6, 6.07) is 0. The third-order valence-electron chi connectivity index (χ3n) is 1.47. The molecular formula is C7H5Cl2F2NO. The third kappa shape index (κ3) is 2.00. The van der Waals surface area contributed by atoms with Gasteiger partial charge >= 0.3 is 0 Å². The lowest BCUT2D eigenvalue weighted by molar-refractivity contribution is 0.145. The molecule has 0 amide bonds. The highest BCUT2D eigenvalue weighted by Gasteiger charge is 2.18. The number of alkyl halides is 3. The van der Waals surface area contributed by atoms with Crippen molar-refractivity contribution in [2.24, 2.45) is 0 Å². The van der Waals surface area contributed by atoms with Gasteiger partial charge in [0, 0.05) is 5.56 Å². The van der Waals surface area contributed by atoms with Crippen LogP contribution in [0.15, 0.2) is 6.20 Å². The quantitative estimate of drug-likeness (QED) is 0.788. The van der Waals surface area contributed by atoms with Crippen LogP contribution < -0.4 is 0 Å². The van der Waals surface area contributed by atoms with E-state index in [1.54, 1.807) is 0 Å². The Morgan fingerprint density at radius 1 is 1.54 bits per heavy atom. The molecule has 1 heterocycles. The number of hydrogen-bond donors (Lipinski definition) is 1. The van der Waals surface area contributed by atoms with Crippen LogP contribution in [0, 0.1) is 0 Å². The summed E-state index contributed by atoms with van der Waals surface area (Å²) < 4.78 is 24.5. The number of hydrogen-bond acceptors (Lipinski definition) is 2. The highest BCUT2D eigenvalue weighted by molar-refractivity contribution is 6.33. The Balaban J connectivity index is 3.30. The maximum absolute atomic E-state index is 12.3. The van der Waals surface area contributed by atoms with Crippen molar-refractivity contribution in [3.63, 3.8) is 0 Å². The highest BCUT2D eigenvalue weighted by atomic mass is 35.5. The van der Waals surface area contributed by atoms with E-state index >= 15 is 0 Å². The Bertz CT molecular complexity index is 320. The van der Waals surface area contributed by atoms with E-state index in [-0.39, 0.29) is 22.2 Å². The summed E-state index contributed by atoms with van der Waals surface area (Å²) >= 11 is 10.9. The van der Waals surface area contributed by atoms with Crippen LogP contribution in [0.5, 0.6) is 5.75 Å². The van der Waals surface area contributed by atoms with E-state index < -0.39 is 12.1 Å². The molecule has 0 saturated carbocycles. The van der Waals surface area contributed by atoms with Crippen molar-refractivity contribution in [3.05, 3.63) is 22.5 Å². The van der Waals surface area contributed by atoms with Gasteiger partial charge in [-0.15, -0.1) is 11.6 Å². The minimum absolute atomic E-state index is 0.0293. The van der Waals surface area contributed by atoms with Gasteiger partial charge in [0.25, 0.3) is 6.43 Å². The second-order valence-corrected chi connectivity index (χ2v) is 2.90. The lowest BCUT2D eigenvalue weighted by atomic mass is 10.2. The Hall–Kier alpha value is -0.610. The molecule has 1 aromatic heterocycles. The first-order valence-electron chi connectivity index (χ1n) is 3.28. The summed E-state index contributed by atoms with van der Waals surface area (Å²) in [6.45, 7) is 0. The predicted molar refractivity (Wildman–Crippen MR) is 45.4 cm³/mol. The van der Waals surface area contributed by atoms with Crippen LogP contribution in [0.3, 0.4) is 0 Å². The molecule has 0 spiro atoms. The standard InChI is InChI=1S/C7H5Cl2F2NO/c8-1-3-5(9)4(13)2-12-6(3)7(10)11/h2,7,13H,1H2. The number of aromatic hydroxyl groups is 1. The molecule has 1 aromatic rings. The molecule has 0 saturated heterocycles. The zero-order valence-electron chi connectivity index (χ0n) is 6.27. The molecule has 0 aliphatic rings. The van der Waals surface area contributed by atoms with Crippen molar-refractivity contribution < 1.29 is 13.9 Å². The van der Waals surface area contributed by atoms with Crippen LogP contribution in [0.25, 0.3) is 0 Å². The van der Waals surface area contributed by atoms with E-state index in [0.717, 1.165) is 6.20 Å². The van der Waals surface area contributed by atoms with Crippen LogP contribution in [0.4, 0.5) is 8.78 Å². The first-order valence-corrected chi connectivity index (χ1v) is 4.19. The molecule has 13 heavy (non-hydrogen) atoms. The van der Waals surface area contributed by atoms with Crippen molar-refractivity contribution in [1.29, 1.82) is 0 Å². The molecule has 6 heteroatoms. The summed E-state index contributed by atoms with van der Waals surface area (Å²) in [5.74, 6) is -0.554. The second-order valence-electron chi connectivity index (χ2n) is 2.26.